The first-order chi connectivity index (χ1) is 10.3. The third-order valence-corrected chi connectivity index (χ3v) is 4.89. The lowest BCUT2D eigenvalue weighted by atomic mass is 10.1. The van der Waals surface area contributed by atoms with Gasteiger partial charge in [-0.15, -0.1) is 11.3 Å². The maximum absolute atomic E-state index is 12.3. The van der Waals surface area contributed by atoms with E-state index in [4.69, 9.17) is 4.74 Å². The van der Waals surface area contributed by atoms with E-state index in [1.807, 2.05) is 29.2 Å². The second kappa shape index (κ2) is 6.31. The number of para-hydroxylation sites is 1. The molecule has 0 spiro atoms. The van der Waals surface area contributed by atoms with Crippen LogP contribution in [0.2, 0.25) is 0 Å². The Kier molecular flexibility index (Phi) is 4.25. The molecule has 1 aromatic carbocycles. The Bertz CT molecular complexity index is 635. The van der Waals surface area contributed by atoms with Crippen molar-refractivity contribution in [1.82, 2.24) is 4.90 Å². The van der Waals surface area contributed by atoms with Crippen LogP contribution in [0.5, 0.6) is 5.75 Å². The van der Waals surface area contributed by atoms with Crippen molar-refractivity contribution in [2.45, 2.75) is 26.3 Å². The van der Waals surface area contributed by atoms with E-state index < -0.39 is 0 Å². The molecule has 2 aromatic rings. The van der Waals surface area contributed by atoms with Gasteiger partial charge in [0, 0.05) is 18.0 Å². The summed E-state index contributed by atoms with van der Waals surface area (Å²) in [6.45, 7) is 3.73. The van der Waals surface area contributed by atoms with Gasteiger partial charge in [-0.1, -0.05) is 25.1 Å². The number of aryl methyl sites for hydroxylation is 1. The molecule has 0 aliphatic carbocycles. The van der Waals surface area contributed by atoms with E-state index in [9.17, 15) is 4.79 Å². The van der Waals surface area contributed by atoms with Gasteiger partial charge in [0.2, 0.25) is 0 Å². The summed E-state index contributed by atoms with van der Waals surface area (Å²) in [6.07, 6.45) is 1.87. The first kappa shape index (κ1) is 14.1. The van der Waals surface area contributed by atoms with Crippen LogP contribution in [-0.4, -0.2) is 24.0 Å². The minimum Gasteiger partial charge on any atom is -0.483 e. The number of amides is 1. The van der Waals surface area contributed by atoms with Crippen LogP contribution >= 0.6 is 11.3 Å². The van der Waals surface area contributed by atoms with Crippen LogP contribution in [0.4, 0.5) is 0 Å². The number of thiophene rings is 1. The Morgan fingerprint density at radius 2 is 2.19 bits per heavy atom. The first-order valence-electron chi connectivity index (χ1n) is 7.31. The Morgan fingerprint density at radius 1 is 1.33 bits per heavy atom. The zero-order valence-electron chi connectivity index (χ0n) is 12.2. The molecule has 21 heavy (non-hydrogen) atoms. The molecule has 0 bridgehead atoms. The molecule has 3 nitrogen and oxygen atoms in total. The summed E-state index contributed by atoms with van der Waals surface area (Å²) in [7, 11) is 0. The van der Waals surface area contributed by atoms with Crippen molar-refractivity contribution in [3.05, 3.63) is 51.7 Å². The van der Waals surface area contributed by atoms with Gasteiger partial charge >= 0.3 is 0 Å². The van der Waals surface area contributed by atoms with Crippen molar-refractivity contribution in [3.8, 4) is 5.75 Å². The van der Waals surface area contributed by atoms with Gasteiger partial charge in [0.05, 0.1) is 0 Å². The van der Waals surface area contributed by atoms with Gasteiger partial charge in [0.25, 0.3) is 5.91 Å². The topological polar surface area (TPSA) is 29.5 Å². The first-order valence-corrected chi connectivity index (χ1v) is 8.19. The maximum atomic E-state index is 12.3. The Labute approximate surface area is 129 Å². The van der Waals surface area contributed by atoms with Gasteiger partial charge in [-0.25, -0.2) is 0 Å². The quantitative estimate of drug-likeness (QED) is 0.867. The fourth-order valence-electron chi connectivity index (χ4n) is 2.63. The molecule has 0 fully saturated rings. The van der Waals surface area contributed by atoms with E-state index in [2.05, 4.69) is 18.4 Å². The molecule has 3 rings (SSSR count). The highest BCUT2D eigenvalue weighted by molar-refractivity contribution is 7.10. The highest BCUT2D eigenvalue weighted by atomic mass is 32.1. The van der Waals surface area contributed by atoms with Gasteiger partial charge in [0.1, 0.15) is 5.75 Å². The second-order valence-electron chi connectivity index (χ2n) is 5.18. The molecule has 4 heteroatoms. The Hall–Kier alpha value is -1.81. The fraction of sp³-hybridized carbons (Fsp3) is 0.353. The largest absolute Gasteiger partial charge is 0.483 e. The highest BCUT2D eigenvalue weighted by Gasteiger charge is 2.21. The standard InChI is InChI=1S/C17H19NO2S/c1-2-13-5-3-4-6-15(13)20-12-17(19)18-9-7-16-14(11-18)8-10-21-16/h3-6,8,10H,2,7,9,11-12H2,1H3. The monoisotopic (exact) mass is 301 g/mol. The average Bonchev–Trinajstić information content (AvgIpc) is 3.00. The van der Waals surface area contributed by atoms with Crippen LogP contribution in [0.3, 0.4) is 0 Å². The lowest BCUT2D eigenvalue weighted by molar-refractivity contribution is -0.134. The zero-order chi connectivity index (χ0) is 14.7. The fourth-order valence-corrected chi connectivity index (χ4v) is 3.52. The number of rotatable bonds is 4. The zero-order valence-corrected chi connectivity index (χ0v) is 13.0. The molecular formula is C17H19NO2S. The van der Waals surface area contributed by atoms with Crippen molar-refractivity contribution >= 4 is 17.2 Å². The van der Waals surface area contributed by atoms with Crippen LogP contribution in [0.25, 0.3) is 0 Å². The number of nitrogens with zero attached hydrogens (tertiary/aromatic N) is 1. The molecule has 1 aliphatic rings. The molecule has 110 valence electrons. The smallest absolute Gasteiger partial charge is 0.260 e. The van der Waals surface area contributed by atoms with Crippen molar-refractivity contribution < 1.29 is 9.53 Å². The molecule has 2 heterocycles. The summed E-state index contributed by atoms with van der Waals surface area (Å²) in [4.78, 5) is 15.6. The summed E-state index contributed by atoms with van der Waals surface area (Å²) in [5.74, 6) is 0.888. The van der Waals surface area contributed by atoms with Crippen LogP contribution < -0.4 is 4.74 Å². The summed E-state index contributed by atoms with van der Waals surface area (Å²) < 4.78 is 5.72. The number of hydrogen-bond acceptors (Lipinski definition) is 3. The summed E-state index contributed by atoms with van der Waals surface area (Å²) in [5.41, 5.74) is 2.43. The van der Waals surface area contributed by atoms with E-state index >= 15 is 0 Å². The second-order valence-corrected chi connectivity index (χ2v) is 6.18. The van der Waals surface area contributed by atoms with Gasteiger partial charge in [-0.3, -0.25) is 4.79 Å². The van der Waals surface area contributed by atoms with E-state index in [1.54, 1.807) is 11.3 Å². The number of carbonyl (C=O) groups is 1. The Balaban J connectivity index is 1.60. The van der Waals surface area contributed by atoms with Gasteiger partial charge in [-0.2, -0.15) is 0 Å². The molecule has 1 amide bonds. The summed E-state index contributed by atoms with van der Waals surface area (Å²) in [5, 5.41) is 2.10. The third-order valence-electron chi connectivity index (χ3n) is 3.87. The van der Waals surface area contributed by atoms with Crippen LogP contribution in [0, 0.1) is 0 Å². The van der Waals surface area contributed by atoms with E-state index in [0.29, 0.717) is 0 Å². The number of benzene rings is 1. The van der Waals surface area contributed by atoms with Crippen LogP contribution in [0.15, 0.2) is 35.7 Å². The predicted octanol–water partition coefficient (Wildman–Crippen LogP) is 3.27. The Morgan fingerprint density at radius 3 is 3.05 bits per heavy atom. The highest BCUT2D eigenvalue weighted by Crippen LogP contribution is 2.24. The predicted molar refractivity (Wildman–Crippen MR) is 84.8 cm³/mol. The number of ether oxygens (including phenoxy) is 1. The molecule has 0 N–H and O–H groups in total. The molecule has 0 unspecified atom stereocenters. The van der Waals surface area contributed by atoms with Crippen molar-refractivity contribution in [3.63, 3.8) is 0 Å². The van der Waals surface area contributed by atoms with Gasteiger partial charge < -0.3 is 9.64 Å². The molecule has 1 aromatic heterocycles. The van der Waals surface area contributed by atoms with Crippen molar-refractivity contribution in [1.29, 1.82) is 0 Å². The van der Waals surface area contributed by atoms with Crippen molar-refractivity contribution in [2.24, 2.45) is 0 Å². The normalized spacial score (nSPS) is 13.9. The van der Waals surface area contributed by atoms with Gasteiger partial charge in [-0.05, 0) is 41.5 Å². The van der Waals surface area contributed by atoms with Gasteiger partial charge in [0.15, 0.2) is 6.61 Å². The lowest BCUT2D eigenvalue weighted by Gasteiger charge is -2.27. The van der Waals surface area contributed by atoms with Crippen LogP contribution in [-0.2, 0) is 24.2 Å². The van der Waals surface area contributed by atoms with Crippen LogP contribution in [0.1, 0.15) is 22.9 Å². The lowest BCUT2D eigenvalue weighted by Crippen LogP contribution is -2.38. The maximum Gasteiger partial charge on any atom is 0.260 e. The molecule has 0 atom stereocenters. The molecule has 0 saturated heterocycles. The SMILES string of the molecule is CCc1ccccc1OCC(=O)N1CCc2sccc2C1. The van der Waals surface area contributed by atoms with Crippen molar-refractivity contribution in [2.75, 3.05) is 13.2 Å². The molecule has 0 saturated carbocycles. The average molecular weight is 301 g/mol. The summed E-state index contributed by atoms with van der Waals surface area (Å²) in [6, 6.07) is 10.0. The molecular weight excluding hydrogens is 282 g/mol. The van der Waals surface area contributed by atoms with E-state index in [-0.39, 0.29) is 12.5 Å². The molecule has 1 aliphatic heterocycles. The number of carbonyl (C=O) groups excluding carboxylic acids is 1. The minimum absolute atomic E-state index is 0.0674. The third kappa shape index (κ3) is 3.10. The molecule has 0 radical (unpaired) electrons. The summed E-state index contributed by atoms with van der Waals surface area (Å²) >= 11 is 1.79. The number of hydrogen-bond donors (Lipinski definition) is 0. The number of fused-ring (bicyclic) bond motifs is 1. The van der Waals surface area contributed by atoms with E-state index in [1.165, 1.54) is 10.4 Å². The van der Waals surface area contributed by atoms with E-state index in [0.717, 1.165) is 37.2 Å². The minimum atomic E-state index is 0.0674.